The van der Waals surface area contributed by atoms with E-state index in [9.17, 15) is 0 Å². The molecule has 3 nitrogen and oxygen atoms in total. The molecule has 3 saturated heterocycles. The first-order valence-electron chi connectivity index (χ1n) is 4.76. The van der Waals surface area contributed by atoms with Crippen molar-refractivity contribution in [3.63, 3.8) is 0 Å². The zero-order valence-corrected chi connectivity index (χ0v) is 7.07. The third kappa shape index (κ3) is 1.79. The molecule has 3 fully saturated rings. The zero-order valence-electron chi connectivity index (χ0n) is 7.07. The van der Waals surface area contributed by atoms with Crippen molar-refractivity contribution in [3.8, 4) is 0 Å². The molecule has 12 heavy (non-hydrogen) atoms. The van der Waals surface area contributed by atoms with Gasteiger partial charge in [-0.1, -0.05) is 0 Å². The molecule has 3 unspecified atom stereocenters. The van der Waals surface area contributed by atoms with Gasteiger partial charge in [0, 0.05) is 0 Å². The Hall–Kier alpha value is -0.120. The number of epoxide rings is 3. The Balaban J connectivity index is 1.50. The van der Waals surface area contributed by atoms with Gasteiger partial charge in [-0.2, -0.15) is 0 Å². The van der Waals surface area contributed by atoms with Crippen molar-refractivity contribution in [1.29, 1.82) is 0 Å². The first-order chi connectivity index (χ1) is 5.92. The summed E-state index contributed by atoms with van der Waals surface area (Å²) in [5, 5.41) is 0. The van der Waals surface area contributed by atoms with Gasteiger partial charge in [-0.05, 0) is 18.8 Å². The molecule has 3 atom stereocenters. The van der Waals surface area contributed by atoms with Gasteiger partial charge in [-0.25, -0.2) is 0 Å². The van der Waals surface area contributed by atoms with Crippen LogP contribution in [0.15, 0.2) is 0 Å². The Morgan fingerprint density at radius 1 is 0.917 bits per heavy atom. The average molecular weight is 170 g/mol. The summed E-state index contributed by atoms with van der Waals surface area (Å²) in [7, 11) is 0. The Morgan fingerprint density at radius 3 is 1.75 bits per heavy atom. The third-order valence-electron chi connectivity index (χ3n) is 2.82. The Kier molecular flexibility index (Phi) is 1.63. The molecule has 68 valence electrons. The number of hydrogen-bond acceptors (Lipinski definition) is 3. The van der Waals surface area contributed by atoms with E-state index in [1.807, 2.05) is 0 Å². The maximum absolute atomic E-state index is 5.32. The molecule has 0 N–H and O–H groups in total. The van der Waals surface area contributed by atoms with E-state index in [0.717, 1.165) is 19.8 Å². The summed E-state index contributed by atoms with van der Waals surface area (Å²) in [5.41, 5.74) is 0. The van der Waals surface area contributed by atoms with Crippen LogP contribution in [0.25, 0.3) is 0 Å². The van der Waals surface area contributed by atoms with Crippen molar-refractivity contribution >= 4 is 0 Å². The summed E-state index contributed by atoms with van der Waals surface area (Å²) in [6, 6.07) is 0. The highest BCUT2D eigenvalue weighted by Gasteiger charge is 2.40. The van der Waals surface area contributed by atoms with Crippen molar-refractivity contribution in [3.05, 3.63) is 0 Å². The van der Waals surface area contributed by atoms with E-state index in [1.165, 1.54) is 12.8 Å². The van der Waals surface area contributed by atoms with E-state index < -0.39 is 0 Å². The van der Waals surface area contributed by atoms with Gasteiger partial charge < -0.3 is 14.2 Å². The quantitative estimate of drug-likeness (QED) is 0.566. The van der Waals surface area contributed by atoms with Crippen molar-refractivity contribution in [2.45, 2.75) is 31.2 Å². The van der Waals surface area contributed by atoms with Crippen LogP contribution in [0.2, 0.25) is 0 Å². The molecule has 0 spiro atoms. The van der Waals surface area contributed by atoms with Crippen LogP contribution in [0.5, 0.6) is 0 Å². The number of rotatable bonds is 5. The predicted octanol–water partition coefficient (Wildman–Crippen LogP) is 0.579. The van der Waals surface area contributed by atoms with E-state index in [4.69, 9.17) is 14.2 Å². The maximum atomic E-state index is 5.32. The molecular weight excluding hydrogens is 156 g/mol. The van der Waals surface area contributed by atoms with Crippen LogP contribution in [0.1, 0.15) is 12.8 Å². The summed E-state index contributed by atoms with van der Waals surface area (Å²) in [5.74, 6) is 0.699. The summed E-state index contributed by atoms with van der Waals surface area (Å²) >= 11 is 0. The molecule has 0 aromatic heterocycles. The summed E-state index contributed by atoms with van der Waals surface area (Å²) in [4.78, 5) is 0. The molecule has 0 saturated carbocycles. The fraction of sp³-hybridized carbons (Fsp3) is 1.00. The third-order valence-corrected chi connectivity index (χ3v) is 2.82. The van der Waals surface area contributed by atoms with Crippen LogP contribution < -0.4 is 0 Å². The summed E-state index contributed by atoms with van der Waals surface area (Å²) in [6.07, 6.45) is 3.98. The topological polar surface area (TPSA) is 37.6 Å². The molecule has 0 amide bonds. The summed E-state index contributed by atoms with van der Waals surface area (Å²) < 4.78 is 15.8. The molecule has 0 aliphatic carbocycles. The SMILES string of the molecule is C1OC1CC(CC1CO1)C1CO1. The monoisotopic (exact) mass is 170 g/mol. The highest BCUT2D eigenvalue weighted by Crippen LogP contribution is 2.34. The molecule has 0 aromatic rings. The smallest absolute Gasteiger partial charge is 0.0839 e. The lowest BCUT2D eigenvalue weighted by Crippen LogP contribution is -2.13. The number of hydrogen-bond donors (Lipinski definition) is 0. The average Bonchev–Trinajstić information content (AvgIpc) is 2.90. The van der Waals surface area contributed by atoms with Crippen molar-refractivity contribution in [2.75, 3.05) is 19.8 Å². The van der Waals surface area contributed by atoms with Gasteiger partial charge in [0.1, 0.15) is 0 Å². The maximum Gasteiger partial charge on any atom is 0.0839 e. The van der Waals surface area contributed by atoms with Crippen LogP contribution in [-0.4, -0.2) is 38.1 Å². The lowest BCUT2D eigenvalue weighted by atomic mass is 9.95. The van der Waals surface area contributed by atoms with E-state index in [-0.39, 0.29) is 0 Å². The molecule has 0 aromatic carbocycles. The zero-order chi connectivity index (χ0) is 7.97. The standard InChI is InChI=1S/C9H14O3/c1(7-3-10-7)6(9-5-12-9)2-8-4-11-8/h6-9H,1-5H2. The Morgan fingerprint density at radius 2 is 1.42 bits per heavy atom. The molecule has 0 bridgehead atoms. The van der Waals surface area contributed by atoms with Gasteiger partial charge in [-0.3, -0.25) is 0 Å². The number of ether oxygens (including phenoxy) is 3. The summed E-state index contributed by atoms with van der Waals surface area (Å²) in [6.45, 7) is 2.90. The molecule has 3 heterocycles. The van der Waals surface area contributed by atoms with E-state index >= 15 is 0 Å². The minimum atomic E-state index is 0.526. The van der Waals surface area contributed by atoms with Crippen LogP contribution in [0, 0.1) is 5.92 Å². The van der Waals surface area contributed by atoms with Crippen molar-refractivity contribution < 1.29 is 14.2 Å². The molecule has 3 aliphatic heterocycles. The van der Waals surface area contributed by atoms with Gasteiger partial charge in [0.25, 0.3) is 0 Å². The lowest BCUT2D eigenvalue weighted by molar-refractivity contribution is 0.253. The highest BCUT2D eigenvalue weighted by molar-refractivity contribution is 4.88. The molecule has 3 rings (SSSR count). The minimum absolute atomic E-state index is 0.526. The molecule has 0 radical (unpaired) electrons. The Labute approximate surface area is 72.0 Å². The van der Waals surface area contributed by atoms with Gasteiger partial charge in [0.2, 0.25) is 0 Å². The normalized spacial score (nSPS) is 45.5. The minimum Gasteiger partial charge on any atom is -0.373 e. The highest BCUT2D eigenvalue weighted by atomic mass is 16.6. The van der Waals surface area contributed by atoms with Crippen LogP contribution in [-0.2, 0) is 14.2 Å². The van der Waals surface area contributed by atoms with E-state index in [0.29, 0.717) is 24.2 Å². The molecule has 3 heteroatoms. The second-order valence-electron chi connectivity index (χ2n) is 4.01. The Bertz CT molecular complexity index is 157. The van der Waals surface area contributed by atoms with Crippen LogP contribution in [0.3, 0.4) is 0 Å². The van der Waals surface area contributed by atoms with Crippen LogP contribution >= 0.6 is 0 Å². The van der Waals surface area contributed by atoms with Crippen molar-refractivity contribution in [2.24, 2.45) is 5.92 Å². The van der Waals surface area contributed by atoms with Crippen LogP contribution in [0.4, 0.5) is 0 Å². The molecular formula is C9H14O3. The first kappa shape index (κ1) is 7.30. The van der Waals surface area contributed by atoms with Gasteiger partial charge in [-0.15, -0.1) is 0 Å². The predicted molar refractivity (Wildman–Crippen MR) is 41.9 cm³/mol. The van der Waals surface area contributed by atoms with E-state index in [2.05, 4.69) is 0 Å². The van der Waals surface area contributed by atoms with Crippen molar-refractivity contribution in [1.82, 2.24) is 0 Å². The van der Waals surface area contributed by atoms with Gasteiger partial charge in [0.05, 0.1) is 38.1 Å². The second kappa shape index (κ2) is 2.69. The largest absolute Gasteiger partial charge is 0.373 e. The van der Waals surface area contributed by atoms with E-state index in [1.54, 1.807) is 0 Å². The van der Waals surface area contributed by atoms with Gasteiger partial charge >= 0.3 is 0 Å². The fourth-order valence-corrected chi connectivity index (χ4v) is 1.81. The fourth-order valence-electron chi connectivity index (χ4n) is 1.81. The second-order valence-corrected chi connectivity index (χ2v) is 4.01. The first-order valence-corrected chi connectivity index (χ1v) is 4.76. The molecule has 3 aliphatic rings. The lowest BCUT2D eigenvalue weighted by Gasteiger charge is -2.10. The van der Waals surface area contributed by atoms with Gasteiger partial charge in [0.15, 0.2) is 0 Å².